The number of methoxy groups -OCH3 is 2. The molecule has 3 heterocycles. The molecular formula is C26H31N3O7. The quantitative estimate of drug-likeness (QED) is 0.258. The summed E-state index contributed by atoms with van der Waals surface area (Å²) in [5, 5.41) is 11.5. The Bertz CT molecular complexity index is 1210. The lowest BCUT2D eigenvalue weighted by molar-refractivity contribution is -0.140. The molecule has 10 heteroatoms. The highest BCUT2D eigenvalue weighted by Crippen LogP contribution is 2.43. The molecule has 2 fully saturated rings. The molecular weight excluding hydrogens is 466 g/mol. The maximum atomic E-state index is 13.4. The van der Waals surface area contributed by atoms with Crippen molar-refractivity contribution in [2.45, 2.75) is 19.9 Å². The summed E-state index contributed by atoms with van der Waals surface area (Å²) in [5.74, 6) is -1.93. The number of ether oxygens (including phenoxy) is 3. The van der Waals surface area contributed by atoms with Crippen molar-refractivity contribution in [1.82, 2.24) is 14.8 Å². The minimum atomic E-state index is -0.863. The summed E-state index contributed by atoms with van der Waals surface area (Å²) in [6.07, 6.45) is 0. The number of nitrogens with one attached hydrogen (secondary N) is 1. The first-order valence-electron chi connectivity index (χ1n) is 11.8. The van der Waals surface area contributed by atoms with Crippen molar-refractivity contribution in [2.75, 3.05) is 53.6 Å². The fraction of sp³-hybridized carbons (Fsp3) is 0.423. The zero-order chi connectivity index (χ0) is 26.0. The predicted molar refractivity (Wildman–Crippen MR) is 131 cm³/mol. The van der Waals surface area contributed by atoms with Gasteiger partial charge in [0.05, 0.1) is 39.0 Å². The third-order valence-electron chi connectivity index (χ3n) is 6.80. The predicted octanol–water partition coefficient (Wildman–Crippen LogP) is 2.18. The van der Waals surface area contributed by atoms with Crippen LogP contribution in [0, 0.1) is 13.8 Å². The molecule has 1 atom stereocenters. The number of carbonyl (C=O) groups excluding carboxylic acids is 3. The molecule has 2 aliphatic rings. The molecule has 0 unspecified atom stereocenters. The summed E-state index contributed by atoms with van der Waals surface area (Å²) in [6, 6.07) is 6.26. The number of esters is 1. The van der Waals surface area contributed by atoms with Crippen LogP contribution in [0.4, 0.5) is 0 Å². The van der Waals surface area contributed by atoms with E-state index < -0.39 is 23.7 Å². The van der Waals surface area contributed by atoms with Crippen molar-refractivity contribution < 1.29 is 33.7 Å². The van der Waals surface area contributed by atoms with Gasteiger partial charge in [0, 0.05) is 43.0 Å². The van der Waals surface area contributed by atoms with Gasteiger partial charge in [-0.2, -0.15) is 0 Å². The van der Waals surface area contributed by atoms with E-state index in [4.69, 9.17) is 14.2 Å². The molecule has 0 spiro atoms. The van der Waals surface area contributed by atoms with Crippen LogP contribution in [0.25, 0.3) is 5.76 Å². The van der Waals surface area contributed by atoms with E-state index in [-0.39, 0.29) is 23.6 Å². The number of para-hydroxylation sites is 1. The molecule has 2 saturated heterocycles. The van der Waals surface area contributed by atoms with Gasteiger partial charge in [0.1, 0.15) is 17.2 Å². The molecule has 192 valence electrons. The number of amides is 1. The van der Waals surface area contributed by atoms with Crippen molar-refractivity contribution in [3.63, 3.8) is 0 Å². The maximum Gasteiger partial charge on any atom is 0.354 e. The fourth-order valence-corrected chi connectivity index (χ4v) is 4.95. The van der Waals surface area contributed by atoms with E-state index in [1.165, 1.54) is 19.1 Å². The van der Waals surface area contributed by atoms with Gasteiger partial charge in [0.15, 0.2) is 0 Å². The summed E-state index contributed by atoms with van der Waals surface area (Å²) >= 11 is 0. The van der Waals surface area contributed by atoms with Crippen molar-refractivity contribution >= 4 is 23.4 Å². The topological polar surface area (TPSA) is 121 Å². The van der Waals surface area contributed by atoms with E-state index >= 15 is 0 Å². The summed E-state index contributed by atoms with van der Waals surface area (Å²) in [6.45, 7) is 6.87. The molecule has 0 radical (unpaired) electrons. The number of likely N-dealkylation sites (tertiary alicyclic amines) is 1. The highest BCUT2D eigenvalue weighted by atomic mass is 16.5. The third kappa shape index (κ3) is 4.49. The monoisotopic (exact) mass is 497 g/mol. The van der Waals surface area contributed by atoms with E-state index in [1.807, 2.05) is 0 Å². The molecule has 2 aliphatic heterocycles. The van der Waals surface area contributed by atoms with E-state index in [0.29, 0.717) is 47.9 Å². The second kappa shape index (κ2) is 10.5. The van der Waals surface area contributed by atoms with Gasteiger partial charge >= 0.3 is 5.97 Å². The SMILES string of the molecule is COC(=O)c1[nH]c(C)c(C(O)=C2C(=O)C(=O)N(CCN3CCOCC3)[C@H]2c2ccccc2OC)c1C. The number of aromatic nitrogens is 1. The Labute approximate surface area is 209 Å². The molecule has 1 aromatic heterocycles. The highest BCUT2D eigenvalue weighted by molar-refractivity contribution is 6.46. The molecule has 0 bridgehead atoms. The van der Waals surface area contributed by atoms with E-state index in [9.17, 15) is 19.5 Å². The van der Waals surface area contributed by atoms with Crippen LogP contribution in [-0.4, -0.2) is 91.2 Å². The number of nitrogens with zero attached hydrogens (tertiary/aromatic N) is 2. The zero-order valence-electron chi connectivity index (χ0n) is 20.9. The highest BCUT2D eigenvalue weighted by Gasteiger charge is 2.47. The second-order valence-electron chi connectivity index (χ2n) is 8.81. The molecule has 1 amide bonds. The van der Waals surface area contributed by atoms with Crippen LogP contribution in [0.5, 0.6) is 5.75 Å². The minimum absolute atomic E-state index is 0.0481. The molecule has 1 aromatic carbocycles. The van der Waals surface area contributed by atoms with Crippen LogP contribution in [0.1, 0.15) is 38.9 Å². The lowest BCUT2D eigenvalue weighted by atomic mass is 9.93. The van der Waals surface area contributed by atoms with Crippen molar-refractivity contribution in [2.24, 2.45) is 0 Å². The van der Waals surface area contributed by atoms with Crippen LogP contribution >= 0.6 is 0 Å². The van der Waals surface area contributed by atoms with Gasteiger partial charge in [-0.15, -0.1) is 0 Å². The number of hydrogen-bond acceptors (Lipinski definition) is 8. The molecule has 36 heavy (non-hydrogen) atoms. The molecule has 2 aromatic rings. The normalized spacial score (nSPS) is 20.1. The van der Waals surface area contributed by atoms with Crippen LogP contribution < -0.4 is 4.74 Å². The first-order valence-corrected chi connectivity index (χ1v) is 11.8. The van der Waals surface area contributed by atoms with Gasteiger partial charge < -0.3 is 29.2 Å². The Balaban J connectivity index is 1.84. The summed E-state index contributed by atoms with van der Waals surface area (Å²) in [4.78, 5) is 45.5. The maximum absolute atomic E-state index is 13.4. The van der Waals surface area contributed by atoms with Crippen LogP contribution in [0.2, 0.25) is 0 Å². The number of Topliss-reactive ketones (excluding diaryl/α,β-unsaturated/α-hetero) is 1. The summed E-state index contributed by atoms with van der Waals surface area (Å²) in [5.41, 5.74) is 1.90. The fourth-order valence-electron chi connectivity index (χ4n) is 4.95. The average molecular weight is 498 g/mol. The van der Waals surface area contributed by atoms with Crippen molar-refractivity contribution in [3.8, 4) is 5.75 Å². The number of hydrogen-bond donors (Lipinski definition) is 2. The van der Waals surface area contributed by atoms with Crippen LogP contribution in [0.3, 0.4) is 0 Å². The standard InChI is InChI=1S/C26H31N3O7/c1-15-19(16(2)27-21(15)26(33)35-4)23(30)20-22(17-7-5-6-8-18(17)34-3)29(25(32)24(20)31)10-9-28-11-13-36-14-12-28/h5-8,22,27,30H,9-14H2,1-4H3/t22-/m0/s1. The second-order valence-corrected chi connectivity index (χ2v) is 8.81. The van der Waals surface area contributed by atoms with Crippen molar-refractivity contribution in [3.05, 3.63) is 57.9 Å². The number of aliphatic hydroxyl groups excluding tert-OH is 1. The molecule has 10 nitrogen and oxygen atoms in total. The number of aliphatic hydroxyl groups is 1. The third-order valence-corrected chi connectivity index (χ3v) is 6.80. The number of morpholine rings is 1. The number of rotatable bonds is 7. The smallest absolute Gasteiger partial charge is 0.354 e. The van der Waals surface area contributed by atoms with E-state index in [1.54, 1.807) is 38.1 Å². The molecule has 4 rings (SSSR count). The molecule has 2 N–H and O–H groups in total. The van der Waals surface area contributed by atoms with Crippen LogP contribution in [0.15, 0.2) is 29.8 Å². The van der Waals surface area contributed by atoms with Gasteiger partial charge in [-0.1, -0.05) is 18.2 Å². The van der Waals surface area contributed by atoms with Gasteiger partial charge in [-0.3, -0.25) is 14.5 Å². The van der Waals surface area contributed by atoms with Gasteiger partial charge in [-0.25, -0.2) is 4.79 Å². The lowest BCUT2D eigenvalue weighted by Crippen LogP contribution is -2.42. The van der Waals surface area contributed by atoms with Crippen LogP contribution in [-0.2, 0) is 19.1 Å². The largest absolute Gasteiger partial charge is 0.507 e. The first kappa shape index (κ1) is 25.5. The van der Waals surface area contributed by atoms with Gasteiger partial charge in [0.25, 0.3) is 11.7 Å². The Kier molecular flexibility index (Phi) is 7.46. The van der Waals surface area contributed by atoms with E-state index in [0.717, 1.165) is 13.1 Å². The number of ketones is 1. The Hall–Kier alpha value is -3.63. The summed E-state index contributed by atoms with van der Waals surface area (Å²) < 4.78 is 15.8. The number of benzene rings is 1. The summed E-state index contributed by atoms with van der Waals surface area (Å²) in [7, 11) is 2.78. The minimum Gasteiger partial charge on any atom is -0.507 e. The number of carbonyl (C=O) groups is 3. The Morgan fingerprint density at radius 3 is 2.50 bits per heavy atom. The number of aromatic amines is 1. The van der Waals surface area contributed by atoms with Crippen molar-refractivity contribution in [1.29, 1.82) is 0 Å². The first-order chi connectivity index (χ1) is 17.3. The molecule has 0 aliphatic carbocycles. The average Bonchev–Trinajstić information content (AvgIpc) is 3.33. The zero-order valence-corrected chi connectivity index (χ0v) is 20.9. The Morgan fingerprint density at radius 2 is 1.83 bits per heavy atom. The number of H-pyrrole nitrogens is 1. The van der Waals surface area contributed by atoms with Gasteiger partial charge in [-0.05, 0) is 25.5 Å². The van der Waals surface area contributed by atoms with Gasteiger partial charge in [0.2, 0.25) is 0 Å². The number of aryl methyl sites for hydroxylation is 1. The van der Waals surface area contributed by atoms with E-state index in [2.05, 4.69) is 9.88 Å². The Morgan fingerprint density at radius 1 is 1.14 bits per heavy atom. The lowest BCUT2D eigenvalue weighted by Gasteiger charge is -2.31. The molecule has 0 saturated carbocycles.